The highest BCUT2D eigenvalue weighted by Gasteiger charge is 2.38. The Hall–Kier alpha value is -0.920. The minimum atomic E-state index is -3.83. The Morgan fingerprint density at radius 1 is 1.43 bits per heavy atom. The third kappa shape index (κ3) is 4.28. The van der Waals surface area contributed by atoms with Crippen molar-refractivity contribution in [3.63, 3.8) is 0 Å². The van der Waals surface area contributed by atoms with Gasteiger partial charge in [-0.1, -0.05) is 35.3 Å². The lowest BCUT2D eigenvalue weighted by Gasteiger charge is -2.27. The van der Waals surface area contributed by atoms with Crippen molar-refractivity contribution in [2.45, 2.75) is 44.0 Å². The van der Waals surface area contributed by atoms with E-state index in [-0.39, 0.29) is 4.90 Å². The average Bonchev–Trinajstić information content (AvgIpc) is 2.40. The van der Waals surface area contributed by atoms with Gasteiger partial charge in [-0.2, -0.15) is 4.72 Å². The summed E-state index contributed by atoms with van der Waals surface area (Å²) in [5.41, 5.74) is -0.675. The molecular formula is C14H20BrNO4S. The number of sulfonamides is 1. The number of aryl methyl sites for hydroxylation is 1. The molecule has 0 heterocycles. The summed E-state index contributed by atoms with van der Waals surface area (Å²) in [6.07, 6.45) is 0.998. The lowest BCUT2D eigenvalue weighted by atomic mass is 9.98. The largest absolute Gasteiger partial charge is 0.468 e. The normalized spacial score (nSPS) is 14.5. The average molecular weight is 378 g/mol. The Bertz CT molecular complexity index is 630. The van der Waals surface area contributed by atoms with E-state index in [4.69, 9.17) is 4.74 Å². The number of nitrogens with one attached hydrogen (secondary N) is 1. The number of rotatable bonds is 6. The summed E-state index contributed by atoms with van der Waals surface area (Å²) >= 11 is 3.26. The fraction of sp³-hybridized carbons (Fsp3) is 0.500. The lowest BCUT2D eigenvalue weighted by Crippen LogP contribution is -2.52. The fourth-order valence-corrected chi connectivity index (χ4v) is 4.31. The van der Waals surface area contributed by atoms with Gasteiger partial charge < -0.3 is 4.74 Å². The molecule has 1 N–H and O–H groups in total. The van der Waals surface area contributed by atoms with Crippen molar-refractivity contribution in [1.82, 2.24) is 4.72 Å². The van der Waals surface area contributed by atoms with Crippen LogP contribution in [-0.4, -0.2) is 27.0 Å². The molecule has 0 saturated heterocycles. The molecule has 1 unspecified atom stereocenters. The minimum Gasteiger partial charge on any atom is -0.468 e. The molecule has 1 rings (SSSR count). The minimum absolute atomic E-state index is 0.142. The monoisotopic (exact) mass is 377 g/mol. The van der Waals surface area contributed by atoms with Gasteiger partial charge in [0, 0.05) is 4.47 Å². The van der Waals surface area contributed by atoms with Gasteiger partial charge >= 0.3 is 5.97 Å². The highest BCUT2D eigenvalue weighted by Crippen LogP contribution is 2.24. The first kappa shape index (κ1) is 18.1. The van der Waals surface area contributed by atoms with Crippen LogP contribution in [0.3, 0.4) is 0 Å². The summed E-state index contributed by atoms with van der Waals surface area (Å²) in [6.45, 7) is 5.11. The molecule has 0 fully saturated rings. The van der Waals surface area contributed by atoms with Gasteiger partial charge in [-0.05, 0) is 38.0 Å². The number of esters is 1. The summed E-state index contributed by atoms with van der Waals surface area (Å²) in [5.74, 6) is -0.597. The molecule has 7 heteroatoms. The molecule has 0 radical (unpaired) electrons. The fourth-order valence-electron chi connectivity index (χ4n) is 2.13. The molecule has 118 valence electrons. The lowest BCUT2D eigenvalue weighted by molar-refractivity contribution is -0.147. The molecule has 0 aliphatic carbocycles. The van der Waals surface area contributed by atoms with Gasteiger partial charge in [0.05, 0.1) is 12.0 Å². The number of halogens is 1. The SMILES string of the molecule is CCCC(C)(NS(=O)(=O)c1cc(Br)ccc1C)C(=O)OC. The zero-order valence-electron chi connectivity index (χ0n) is 12.6. The van der Waals surface area contributed by atoms with Crippen molar-refractivity contribution in [2.24, 2.45) is 0 Å². The van der Waals surface area contributed by atoms with Crippen LogP contribution >= 0.6 is 15.9 Å². The first-order valence-corrected chi connectivity index (χ1v) is 8.82. The van der Waals surface area contributed by atoms with Crippen molar-refractivity contribution in [3.8, 4) is 0 Å². The zero-order chi connectivity index (χ0) is 16.3. The van der Waals surface area contributed by atoms with E-state index in [1.54, 1.807) is 19.1 Å². The van der Waals surface area contributed by atoms with Gasteiger partial charge in [0.1, 0.15) is 5.54 Å². The Labute approximate surface area is 134 Å². The third-order valence-corrected chi connectivity index (χ3v) is 5.42. The Kier molecular flexibility index (Phi) is 5.95. The van der Waals surface area contributed by atoms with E-state index in [2.05, 4.69) is 20.7 Å². The van der Waals surface area contributed by atoms with Gasteiger partial charge in [0.2, 0.25) is 10.0 Å². The van der Waals surface area contributed by atoms with E-state index in [1.807, 2.05) is 6.92 Å². The van der Waals surface area contributed by atoms with Crippen molar-refractivity contribution >= 4 is 31.9 Å². The number of carbonyl (C=O) groups is 1. The Morgan fingerprint density at radius 3 is 2.57 bits per heavy atom. The molecule has 0 aliphatic rings. The number of carbonyl (C=O) groups excluding carboxylic acids is 1. The standard InChI is InChI=1S/C14H20BrNO4S/c1-5-8-14(3,13(17)20-4)16-21(18,19)12-9-11(15)7-6-10(12)2/h6-7,9,16H,5,8H2,1-4H3. The first-order chi connectivity index (χ1) is 9.66. The first-order valence-electron chi connectivity index (χ1n) is 6.55. The van der Waals surface area contributed by atoms with Gasteiger partial charge in [-0.15, -0.1) is 0 Å². The molecule has 0 bridgehead atoms. The van der Waals surface area contributed by atoms with Gasteiger partial charge in [0.25, 0.3) is 0 Å². The predicted octanol–water partition coefficient (Wildman–Crippen LogP) is 2.77. The Morgan fingerprint density at radius 2 is 2.05 bits per heavy atom. The second kappa shape index (κ2) is 6.89. The van der Waals surface area contributed by atoms with Crippen LogP contribution in [0.15, 0.2) is 27.6 Å². The van der Waals surface area contributed by atoms with Crippen LogP contribution in [0, 0.1) is 6.92 Å². The maximum Gasteiger partial charge on any atom is 0.326 e. The topological polar surface area (TPSA) is 72.5 Å². The van der Waals surface area contributed by atoms with Crippen LogP contribution in [0.25, 0.3) is 0 Å². The van der Waals surface area contributed by atoms with Crippen molar-refractivity contribution in [1.29, 1.82) is 0 Å². The molecule has 1 atom stereocenters. The maximum absolute atomic E-state index is 12.6. The van der Waals surface area contributed by atoms with E-state index in [9.17, 15) is 13.2 Å². The van der Waals surface area contributed by atoms with Crippen LogP contribution in [-0.2, 0) is 19.6 Å². The van der Waals surface area contributed by atoms with Crippen LogP contribution in [0.5, 0.6) is 0 Å². The van der Waals surface area contributed by atoms with E-state index in [0.29, 0.717) is 22.9 Å². The number of methoxy groups -OCH3 is 1. The van der Waals surface area contributed by atoms with E-state index >= 15 is 0 Å². The summed E-state index contributed by atoms with van der Waals surface area (Å²) in [5, 5.41) is 0. The molecule has 0 spiro atoms. The zero-order valence-corrected chi connectivity index (χ0v) is 15.0. The molecule has 0 aliphatic heterocycles. The smallest absolute Gasteiger partial charge is 0.326 e. The van der Waals surface area contributed by atoms with Crippen molar-refractivity contribution < 1.29 is 17.9 Å². The highest BCUT2D eigenvalue weighted by molar-refractivity contribution is 9.10. The number of benzene rings is 1. The second-order valence-corrected chi connectivity index (χ2v) is 7.66. The van der Waals surface area contributed by atoms with Crippen molar-refractivity contribution in [2.75, 3.05) is 7.11 Å². The van der Waals surface area contributed by atoms with Crippen molar-refractivity contribution in [3.05, 3.63) is 28.2 Å². The van der Waals surface area contributed by atoms with Gasteiger partial charge in [0.15, 0.2) is 0 Å². The maximum atomic E-state index is 12.6. The molecule has 0 amide bonds. The van der Waals surface area contributed by atoms with E-state index in [0.717, 1.165) is 0 Å². The molecule has 0 saturated carbocycles. The van der Waals surface area contributed by atoms with Crippen LogP contribution in [0.2, 0.25) is 0 Å². The summed E-state index contributed by atoms with van der Waals surface area (Å²) in [6, 6.07) is 4.98. The van der Waals surface area contributed by atoms with Crippen LogP contribution in [0.4, 0.5) is 0 Å². The molecule has 0 aromatic heterocycles. The molecular weight excluding hydrogens is 358 g/mol. The quantitative estimate of drug-likeness (QED) is 0.773. The molecule has 5 nitrogen and oxygen atoms in total. The van der Waals surface area contributed by atoms with Crippen LogP contribution < -0.4 is 4.72 Å². The summed E-state index contributed by atoms with van der Waals surface area (Å²) < 4.78 is 33.0. The van der Waals surface area contributed by atoms with Gasteiger partial charge in [-0.25, -0.2) is 8.42 Å². The summed E-state index contributed by atoms with van der Waals surface area (Å²) in [7, 11) is -2.58. The number of ether oxygens (including phenoxy) is 1. The second-order valence-electron chi connectivity index (χ2n) is 5.09. The Balaban J connectivity index is 3.24. The molecule has 1 aromatic rings. The highest BCUT2D eigenvalue weighted by atomic mass is 79.9. The van der Waals surface area contributed by atoms with Gasteiger partial charge in [-0.3, -0.25) is 4.79 Å². The van der Waals surface area contributed by atoms with Crippen LogP contribution in [0.1, 0.15) is 32.3 Å². The third-order valence-electron chi connectivity index (χ3n) is 3.19. The van der Waals surface area contributed by atoms with E-state index < -0.39 is 21.5 Å². The summed E-state index contributed by atoms with van der Waals surface area (Å²) in [4.78, 5) is 12.1. The number of hydrogen-bond acceptors (Lipinski definition) is 4. The molecule has 1 aromatic carbocycles. The predicted molar refractivity (Wildman–Crippen MR) is 84.5 cm³/mol. The molecule has 21 heavy (non-hydrogen) atoms. The van der Waals surface area contributed by atoms with E-state index in [1.165, 1.54) is 20.1 Å². The number of hydrogen-bond donors (Lipinski definition) is 1.